The topological polar surface area (TPSA) is 41.6 Å². The van der Waals surface area contributed by atoms with Gasteiger partial charge >= 0.3 is 18.4 Å². The molecule has 1 aliphatic heterocycles. The predicted molar refractivity (Wildman–Crippen MR) is 133 cm³/mol. The van der Waals surface area contributed by atoms with Crippen LogP contribution in [0.5, 0.6) is 0 Å². The van der Waals surface area contributed by atoms with Gasteiger partial charge < -0.3 is 15.0 Å². The molecule has 1 amide bonds. The highest BCUT2D eigenvalue weighted by Gasteiger charge is 2.41. The molecule has 0 spiro atoms. The average Bonchev–Trinajstić information content (AvgIpc) is 2.80. The van der Waals surface area contributed by atoms with Crippen LogP contribution in [0.15, 0.2) is 18.2 Å². The number of rotatable bonds is 6. The van der Waals surface area contributed by atoms with Crippen LogP contribution in [0.3, 0.4) is 0 Å². The number of amides is 1. The number of likely N-dealkylation sites (tertiary alicyclic amines) is 1. The van der Waals surface area contributed by atoms with E-state index >= 15 is 0 Å². The van der Waals surface area contributed by atoms with Crippen LogP contribution in [0.2, 0.25) is 0 Å². The lowest BCUT2D eigenvalue weighted by molar-refractivity contribution is -0.143. The van der Waals surface area contributed by atoms with E-state index in [1.54, 1.807) is 0 Å². The molecular weight excluding hydrogens is 510 g/mol. The summed E-state index contributed by atoms with van der Waals surface area (Å²) in [5.41, 5.74) is -3.35. The summed E-state index contributed by atoms with van der Waals surface area (Å²) in [5.74, 6) is 0.479. The zero-order chi connectivity index (χ0) is 28.3. The van der Waals surface area contributed by atoms with Crippen LogP contribution in [0.4, 0.5) is 31.1 Å². The SMILES string of the molecule is CCC1CC(NCc2cc(C(F)(F)F)cc(C(F)(F)F)c2)CC(CC2CCCCC2)N1C(=O)OC(C)(C)C. The van der Waals surface area contributed by atoms with Gasteiger partial charge in [-0.2, -0.15) is 26.3 Å². The summed E-state index contributed by atoms with van der Waals surface area (Å²) in [4.78, 5) is 15.1. The van der Waals surface area contributed by atoms with E-state index in [-0.39, 0.29) is 42.4 Å². The fourth-order valence-corrected chi connectivity index (χ4v) is 5.82. The van der Waals surface area contributed by atoms with Gasteiger partial charge in [-0.3, -0.25) is 0 Å². The van der Waals surface area contributed by atoms with Crippen LogP contribution in [-0.2, 0) is 23.6 Å². The van der Waals surface area contributed by atoms with Gasteiger partial charge in [0.1, 0.15) is 5.60 Å². The van der Waals surface area contributed by atoms with Gasteiger partial charge in [0, 0.05) is 24.7 Å². The number of carbonyl (C=O) groups excluding carboxylic acids is 1. The maximum absolute atomic E-state index is 13.3. The fraction of sp³-hybridized carbons (Fsp3) is 0.750. The molecule has 4 nitrogen and oxygen atoms in total. The van der Waals surface area contributed by atoms with Crippen LogP contribution in [0.25, 0.3) is 0 Å². The molecule has 2 aliphatic rings. The highest BCUT2D eigenvalue weighted by atomic mass is 19.4. The third-order valence-electron chi connectivity index (χ3n) is 7.55. The molecule has 1 heterocycles. The molecule has 2 fully saturated rings. The van der Waals surface area contributed by atoms with Crippen LogP contribution in [-0.4, -0.2) is 34.7 Å². The summed E-state index contributed by atoms with van der Waals surface area (Å²) in [6.07, 6.45) is -1.84. The van der Waals surface area contributed by atoms with Gasteiger partial charge in [-0.25, -0.2) is 4.79 Å². The first-order valence-electron chi connectivity index (χ1n) is 13.6. The Balaban J connectivity index is 1.81. The van der Waals surface area contributed by atoms with Crippen molar-refractivity contribution in [3.05, 3.63) is 34.9 Å². The van der Waals surface area contributed by atoms with E-state index in [1.807, 2.05) is 32.6 Å². The molecule has 1 saturated heterocycles. The van der Waals surface area contributed by atoms with E-state index in [9.17, 15) is 31.1 Å². The molecule has 38 heavy (non-hydrogen) atoms. The third kappa shape index (κ3) is 8.52. The summed E-state index contributed by atoms with van der Waals surface area (Å²) < 4.78 is 85.5. The van der Waals surface area contributed by atoms with Crippen LogP contribution >= 0.6 is 0 Å². The highest BCUT2D eigenvalue weighted by Crippen LogP contribution is 2.38. The lowest BCUT2D eigenvalue weighted by atomic mass is 9.80. The number of nitrogens with zero attached hydrogens (tertiary/aromatic N) is 1. The molecule has 216 valence electrons. The average molecular weight is 551 g/mol. The Morgan fingerprint density at radius 2 is 1.47 bits per heavy atom. The van der Waals surface area contributed by atoms with Crippen LogP contribution < -0.4 is 5.32 Å². The molecular formula is C28H40F6N2O2. The number of carbonyl (C=O) groups is 1. The highest BCUT2D eigenvalue weighted by molar-refractivity contribution is 5.69. The molecule has 1 saturated carbocycles. The van der Waals surface area contributed by atoms with Crippen LogP contribution in [0, 0.1) is 5.92 Å². The second-order valence-electron chi connectivity index (χ2n) is 11.8. The molecule has 3 atom stereocenters. The van der Waals surface area contributed by atoms with Gasteiger partial charge in [-0.1, -0.05) is 39.0 Å². The van der Waals surface area contributed by atoms with Crippen LogP contribution in [0.1, 0.15) is 102 Å². The molecule has 1 aromatic rings. The van der Waals surface area contributed by atoms with E-state index in [1.165, 1.54) is 6.42 Å². The number of hydrogen-bond acceptors (Lipinski definition) is 3. The fourth-order valence-electron chi connectivity index (χ4n) is 5.82. The number of alkyl halides is 6. The van der Waals surface area contributed by atoms with Crippen molar-refractivity contribution in [3.8, 4) is 0 Å². The lowest BCUT2D eigenvalue weighted by Crippen LogP contribution is -2.57. The summed E-state index contributed by atoms with van der Waals surface area (Å²) in [5, 5.41) is 3.22. The van der Waals surface area contributed by atoms with Crippen molar-refractivity contribution in [1.29, 1.82) is 0 Å². The Labute approximate surface area is 221 Å². The first kappa shape index (κ1) is 30.6. The van der Waals surface area contributed by atoms with Crippen molar-refractivity contribution in [2.45, 2.75) is 128 Å². The summed E-state index contributed by atoms with van der Waals surface area (Å²) >= 11 is 0. The standard InChI is InChI=1S/C28H40F6N2O2/c1-5-23-15-22(35-17-19-11-20(27(29,30)31)14-21(12-19)28(32,33)34)16-24(13-18-9-7-6-8-10-18)36(23)25(37)38-26(2,3)4/h11-12,14,18,22-24,35H,5-10,13,15-17H2,1-4H3. The maximum atomic E-state index is 13.3. The molecule has 1 aliphatic carbocycles. The maximum Gasteiger partial charge on any atom is 0.416 e. The zero-order valence-corrected chi connectivity index (χ0v) is 22.6. The quantitative estimate of drug-likeness (QED) is 0.362. The van der Waals surface area contributed by atoms with E-state index < -0.39 is 29.1 Å². The molecule has 0 bridgehead atoms. The summed E-state index contributed by atoms with van der Waals surface area (Å²) in [6.45, 7) is 7.31. The van der Waals surface area contributed by atoms with Crippen molar-refractivity contribution in [1.82, 2.24) is 10.2 Å². The minimum atomic E-state index is -4.88. The van der Waals surface area contributed by atoms with Crippen molar-refractivity contribution in [3.63, 3.8) is 0 Å². The normalized spacial score (nSPS) is 23.9. The van der Waals surface area contributed by atoms with E-state index in [4.69, 9.17) is 4.74 Å². The largest absolute Gasteiger partial charge is 0.444 e. The molecule has 1 aromatic carbocycles. The van der Waals surface area contributed by atoms with Gasteiger partial charge in [0.05, 0.1) is 11.1 Å². The number of halogens is 6. The number of benzene rings is 1. The van der Waals surface area contributed by atoms with Crippen molar-refractivity contribution >= 4 is 6.09 Å². The van der Waals surface area contributed by atoms with Gasteiger partial charge in [0.15, 0.2) is 0 Å². The molecule has 3 unspecified atom stereocenters. The smallest absolute Gasteiger partial charge is 0.416 e. The predicted octanol–water partition coefficient (Wildman–Crippen LogP) is 8.33. The van der Waals surface area contributed by atoms with Gasteiger partial charge in [-0.05, 0) is 76.1 Å². The Hall–Kier alpha value is -1.97. The van der Waals surface area contributed by atoms with E-state index in [0.717, 1.165) is 44.2 Å². The lowest BCUT2D eigenvalue weighted by Gasteiger charge is -2.46. The number of piperidine rings is 1. The first-order valence-corrected chi connectivity index (χ1v) is 13.6. The Morgan fingerprint density at radius 1 is 0.921 bits per heavy atom. The van der Waals surface area contributed by atoms with E-state index in [2.05, 4.69) is 5.32 Å². The minimum absolute atomic E-state index is 0.0707. The van der Waals surface area contributed by atoms with Crippen molar-refractivity contribution < 1.29 is 35.9 Å². The monoisotopic (exact) mass is 550 g/mol. The van der Waals surface area contributed by atoms with Crippen molar-refractivity contribution in [2.24, 2.45) is 5.92 Å². The molecule has 0 radical (unpaired) electrons. The molecule has 1 N–H and O–H groups in total. The number of ether oxygens (including phenoxy) is 1. The second kappa shape index (κ2) is 12.0. The Morgan fingerprint density at radius 3 is 1.97 bits per heavy atom. The van der Waals surface area contributed by atoms with Gasteiger partial charge in [0.2, 0.25) is 0 Å². The Kier molecular flexibility index (Phi) is 9.69. The summed E-state index contributed by atoms with van der Waals surface area (Å²) in [7, 11) is 0. The second-order valence-corrected chi connectivity index (χ2v) is 11.8. The summed E-state index contributed by atoms with van der Waals surface area (Å²) in [6, 6.07) is 1.28. The van der Waals surface area contributed by atoms with E-state index in [0.29, 0.717) is 25.2 Å². The Bertz CT molecular complexity index is 902. The van der Waals surface area contributed by atoms with Crippen molar-refractivity contribution in [2.75, 3.05) is 0 Å². The third-order valence-corrected chi connectivity index (χ3v) is 7.55. The molecule has 3 rings (SSSR count). The number of nitrogens with one attached hydrogen (secondary N) is 1. The molecule has 0 aromatic heterocycles. The first-order chi connectivity index (χ1) is 17.6. The van der Waals surface area contributed by atoms with Gasteiger partial charge in [-0.15, -0.1) is 0 Å². The van der Waals surface area contributed by atoms with Gasteiger partial charge in [0.25, 0.3) is 0 Å². The zero-order valence-electron chi connectivity index (χ0n) is 22.6. The molecule has 10 heteroatoms. The number of hydrogen-bond donors (Lipinski definition) is 1. The minimum Gasteiger partial charge on any atom is -0.444 e.